The van der Waals surface area contributed by atoms with Gasteiger partial charge in [0.25, 0.3) is 0 Å². The molecule has 33 heavy (non-hydrogen) atoms. The Bertz CT molecular complexity index is 1140. The third-order valence-electron chi connectivity index (χ3n) is 6.47. The molecule has 1 saturated heterocycles. The second kappa shape index (κ2) is 8.52. The first-order chi connectivity index (χ1) is 15.4. The van der Waals surface area contributed by atoms with Crippen molar-refractivity contribution in [1.82, 2.24) is 9.88 Å². The molecule has 0 bridgehead atoms. The lowest BCUT2D eigenvalue weighted by Gasteiger charge is -2.44. The average molecular weight is 474 g/mol. The van der Waals surface area contributed by atoms with Gasteiger partial charge in [0.1, 0.15) is 17.7 Å². The number of likely N-dealkylation sites (tertiary alicyclic amines) is 1. The van der Waals surface area contributed by atoms with Gasteiger partial charge in [-0.15, -0.1) is 0 Å². The molecule has 1 fully saturated rings. The summed E-state index contributed by atoms with van der Waals surface area (Å²) in [6, 6.07) is 8.91. The molecule has 3 heterocycles. The van der Waals surface area contributed by atoms with Crippen molar-refractivity contribution >= 4 is 27.4 Å². The minimum absolute atomic E-state index is 0.0700. The minimum atomic E-state index is -3.23. The van der Waals surface area contributed by atoms with E-state index in [0.29, 0.717) is 30.0 Å². The number of piperidine rings is 1. The van der Waals surface area contributed by atoms with Crippen molar-refractivity contribution in [3.8, 4) is 5.75 Å². The highest BCUT2D eigenvalue weighted by Gasteiger charge is 2.39. The van der Waals surface area contributed by atoms with E-state index in [0.717, 1.165) is 30.0 Å². The molecule has 4 rings (SSSR count). The van der Waals surface area contributed by atoms with Crippen LogP contribution in [0, 0.1) is 5.41 Å². The predicted octanol–water partition coefficient (Wildman–Crippen LogP) is 4.12. The number of carboxylic acid groups (broad SMARTS) is 1. The van der Waals surface area contributed by atoms with Gasteiger partial charge in [-0.2, -0.15) is 0 Å². The maximum atomic E-state index is 11.8. The molecular weight excluding hydrogens is 442 g/mol. The van der Waals surface area contributed by atoms with Gasteiger partial charge in [-0.25, -0.2) is 18.2 Å². The maximum absolute atomic E-state index is 11.8. The van der Waals surface area contributed by atoms with Gasteiger partial charge in [-0.3, -0.25) is 0 Å². The summed E-state index contributed by atoms with van der Waals surface area (Å²) >= 11 is 0. The van der Waals surface area contributed by atoms with Crippen LogP contribution in [0.3, 0.4) is 0 Å². The van der Waals surface area contributed by atoms with E-state index >= 15 is 0 Å². The molecule has 2 atom stereocenters. The molecule has 8 nitrogen and oxygen atoms in total. The summed E-state index contributed by atoms with van der Waals surface area (Å²) in [6.45, 7) is 7.35. The van der Waals surface area contributed by atoms with Crippen LogP contribution in [0.1, 0.15) is 39.2 Å². The Kier molecular flexibility index (Phi) is 6.03. The summed E-state index contributed by atoms with van der Waals surface area (Å²) in [5.74, 6) is 1.44. The van der Waals surface area contributed by atoms with E-state index in [2.05, 4.69) is 30.7 Å². The molecule has 178 valence electrons. The molecule has 1 aromatic heterocycles. The Hall–Kier alpha value is -2.81. The monoisotopic (exact) mass is 473 g/mol. The van der Waals surface area contributed by atoms with Gasteiger partial charge in [0.05, 0.1) is 11.1 Å². The van der Waals surface area contributed by atoms with Crippen molar-refractivity contribution in [2.75, 3.05) is 24.2 Å². The first-order valence-corrected chi connectivity index (χ1v) is 13.1. The summed E-state index contributed by atoms with van der Waals surface area (Å²) in [6.07, 6.45) is 4.01. The van der Waals surface area contributed by atoms with Crippen LogP contribution in [0.2, 0.25) is 0 Å². The Labute approximate surface area is 195 Å². The van der Waals surface area contributed by atoms with Crippen LogP contribution in [0.25, 0.3) is 0 Å². The second-order valence-electron chi connectivity index (χ2n) is 9.94. The zero-order chi connectivity index (χ0) is 24.0. The van der Waals surface area contributed by atoms with Gasteiger partial charge in [0, 0.05) is 43.9 Å². The number of pyridine rings is 1. The smallest absolute Gasteiger partial charge is 0.407 e. The van der Waals surface area contributed by atoms with Gasteiger partial charge in [0.15, 0.2) is 9.84 Å². The minimum Gasteiger partial charge on any atom is -0.489 e. The number of carbonyl (C=O) groups is 1. The molecule has 0 spiro atoms. The van der Waals surface area contributed by atoms with Crippen molar-refractivity contribution in [1.29, 1.82) is 0 Å². The SMILES string of the molecule is CC(C)(C)C1CC(Oc2ccc(N3CCc4cc(S(C)(=O)=O)ccc43)nc2)CCN1C(=O)O. The first-order valence-electron chi connectivity index (χ1n) is 11.2. The number of fused-ring (bicyclic) bond motifs is 1. The average Bonchev–Trinajstić information content (AvgIpc) is 3.16. The summed E-state index contributed by atoms with van der Waals surface area (Å²) in [5.41, 5.74) is 1.79. The zero-order valence-corrected chi connectivity index (χ0v) is 20.3. The Morgan fingerprint density at radius 1 is 1.18 bits per heavy atom. The topological polar surface area (TPSA) is 100 Å². The van der Waals surface area contributed by atoms with Gasteiger partial charge < -0.3 is 19.6 Å². The third-order valence-corrected chi connectivity index (χ3v) is 7.58. The summed E-state index contributed by atoms with van der Waals surface area (Å²) in [5, 5.41) is 9.55. The lowest BCUT2D eigenvalue weighted by atomic mass is 9.80. The largest absolute Gasteiger partial charge is 0.489 e. The van der Waals surface area contributed by atoms with E-state index in [1.807, 2.05) is 18.2 Å². The number of rotatable bonds is 4. The van der Waals surface area contributed by atoms with E-state index < -0.39 is 15.9 Å². The number of aromatic nitrogens is 1. The fourth-order valence-corrected chi connectivity index (χ4v) is 5.40. The fraction of sp³-hybridized carbons (Fsp3) is 0.500. The number of nitrogens with zero attached hydrogens (tertiary/aromatic N) is 3. The molecule has 1 aromatic carbocycles. The van der Waals surface area contributed by atoms with E-state index in [4.69, 9.17) is 4.74 Å². The van der Waals surface area contributed by atoms with E-state index in [9.17, 15) is 18.3 Å². The summed E-state index contributed by atoms with van der Waals surface area (Å²) < 4.78 is 29.9. The zero-order valence-electron chi connectivity index (χ0n) is 19.5. The maximum Gasteiger partial charge on any atom is 0.407 e. The van der Waals surface area contributed by atoms with Crippen LogP contribution < -0.4 is 9.64 Å². The number of ether oxygens (including phenoxy) is 1. The number of hydrogen-bond acceptors (Lipinski definition) is 6. The molecule has 1 N–H and O–H groups in total. The molecule has 1 amide bonds. The summed E-state index contributed by atoms with van der Waals surface area (Å²) in [7, 11) is -3.23. The molecule has 0 radical (unpaired) electrons. The van der Waals surface area contributed by atoms with Gasteiger partial charge >= 0.3 is 6.09 Å². The van der Waals surface area contributed by atoms with Crippen molar-refractivity contribution < 1.29 is 23.1 Å². The van der Waals surface area contributed by atoms with Crippen LogP contribution in [-0.2, 0) is 16.3 Å². The standard InChI is InChI=1S/C24H31N3O5S/c1-24(2,3)21-14-17(10-12-27(21)23(28)29)32-18-5-8-22(25-15-18)26-11-9-16-13-19(33(4,30)31)6-7-20(16)26/h5-8,13,15,17,21H,9-12,14H2,1-4H3,(H,28,29). The number of benzene rings is 1. The lowest BCUT2D eigenvalue weighted by molar-refractivity contribution is 0.0129. The Morgan fingerprint density at radius 3 is 2.55 bits per heavy atom. The van der Waals surface area contributed by atoms with Crippen LogP contribution in [0.4, 0.5) is 16.3 Å². The van der Waals surface area contributed by atoms with Gasteiger partial charge in [-0.05, 0) is 47.7 Å². The predicted molar refractivity (Wildman–Crippen MR) is 126 cm³/mol. The van der Waals surface area contributed by atoms with Gasteiger partial charge in [0.2, 0.25) is 0 Å². The van der Waals surface area contributed by atoms with Crippen LogP contribution in [0.15, 0.2) is 41.4 Å². The van der Waals surface area contributed by atoms with Crippen molar-refractivity contribution in [2.24, 2.45) is 5.41 Å². The number of anilines is 2. The van der Waals surface area contributed by atoms with Crippen LogP contribution in [0.5, 0.6) is 5.75 Å². The third kappa shape index (κ3) is 4.93. The van der Waals surface area contributed by atoms with Crippen molar-refractivity contribution in [2.45, 2.75) is 57.1 Å². The Morgan fingerprint density at radius 2 is 1.94 bits per heavy atom. The number of amides is 1. The van der Waals surface area contributed by atoms with Crippen molar-refractivity contribution in [3.63, 3.8) is 0 Å². The molecule has 9 heteroatoms. The first kappa shape index (κ1) is 23.4. The van der Waals surface area contributed by atoms with Crippen LogP contribution >= 0.6 is 0 Å². The molecule has 2 aliphatic heterocycles. The highest BCUT2D eigenvalue weighted by molar-refractivity contribution is 7.90. The molecular formula is C24H31N3O5S. The highest BCUT2D eigenvalue weighted by Crippen LogP contribution is 2.36. The fourth-order valence-electron chi connectivity index (χ4n) is 4.73. The lowest BCUT2D eigenvalue weighted by Crippen LogP contribution is -2.53. The van der Waals surface area contributed by atoms with E-state index in [-0.39, 0.29) is 17.6 Å². The summed E-state index contributed by atoms with van der Waals surface area (Å²) in [4.78, 5) is 20.2. The quantitative estimate of drug-likeness (QED) is 0.713. The highest BCUT2D eigenvalue weighted by atomic mass is 32.2. The van der Waals surface area contributed by atoms with E-state index in [1.165, 1.54) is 11.2 Å². The van der Waals surface area contributed by atoms with Gasteiger partial charge in [-0.1, -0.05) is 20.8 Å². The second-order valence-corrected chi connectivity index (χ2v) is 12.0. The molecule has 2 aromatic rings. The van der Waals surface area contributed by atoms with E-state index in [1.54, 1.807) is 18.3 Å². The molecule has 2 aliphatic rings. The molecule has 0 aliphatic carbocycles. The Balaban J connectivity index is 1.46. The molecule has 0 saturated carbocycles. The number of sulfone groups is 1. The van der Waals surface area contributed by atoms with Crippen molar-refractivity contribution in [3.05, 3.63) is 42.1 Å². The number of hydrogen-bond donors (Lipinski definition) is 1. The normalized spacial score (nSPS) is 21.1. The molecule has 2 unspecified atom stereocenters. The van der Waals surface area contributed by atoms with Crippen LogP contribution in [-0.4, -0.2) is 61.0 Å².